The van der Waals surface area contributed by atoms with Crippen molar-refractivity contribution in [3.05, 3.63) is 18.2 Å². The minimum atomic E-state index is 0.407. The van der Waals surface area contributed by atoms with Crippen molar-refractivity contribution >= 4 is 34.9 Å². The zero-order valence-electron chi connectivity index (χ0n) is 22.4. The summed E-state index contributed by atoms with van der Waals surface area (Å²) < 4.78 is 0. The first-order valence-electron chi connectivity index (χ1n) is 14.0. The molecule has 0 radical (unpaired) electrons. The number of likely N-dealkylation sites (tertiary alicyclic amines) is 1. The summed E-state index contributed by atoms with van der Waals surface area (Å²) in [5, 5.41) is 10.5. The van der Waals surface area contributed by atoms with E-state index in [0.717, 1.165) is 56.1 Å². The van der Waals surface area contributed by atoms with Crippen LogP contribution in [0.1, 0.15) is 72.1 Å². The summed E-state index contributed by atoms with van der Waals surface area (Å²) >= 11 is 0. The summed E-state index contributed by atoms with van der Waals surface area (Å²) in [5.41, 5.74) is 9.07. The number of hydrogen-bond acceptors (Lipinski definition) is 9. The van der Waals surface area contributed by atoms with Gasteiger partial charge in [0.15, 0.2) is 0 Å². The lowest BCUT2D eigenvalue weighted by atomic mass is 10.1. The fourth-order valence-corrected chi connectivity index (χ4v) is 5.55. The van der Waals surface area contributed by atoms with E-state index < -0.39 is 0 Å². The molecule has 1 aromatic carbocycles. The lowest BCUT2D eigenvalue weighted by Gasteiger charge is -2.23. The van der Waals surface area contributed by atoms with Gasteiger partial charge in [0.05, 0.1) is 11.4 Å². The van der Waals surface area contributed by atoms with Gasteiger partial charge in [-0.2, -0.15) is 15.0 Å². The van der Waals surface area contributed by atoms with Crippen LogP contribution in [0.5, 0.6) is 0 Å². The van der Waals surface area contributed by atoms with E-state index >= 15 is 0 Å². The molecule has 4 rings (SSSR count). The molecule has 1 saturated heterocycles. The molecule has 0 amide bonds. The Balaban J connectivity index is 1.52. The molecule has 1 unspecified atom stereocenters. The highest BCUT2D eigenvalue weighted by atomic mass is 15.3. The maximum atomic E-state index is 6.40. The molecule has 9 heteroatoms. The van der Waals surface area contributed by atoms with Gasteiger partial charge in [-0.25, -0.2) is 0 Å². The average Bonchev–Trinajstić information content (AvgIpc) is 3.19. The van der Waals surface area contributed by atoms with E-state index in [2.05, 4.69) is 52.6 Å². The number of nitrogens with zero attached hydrogens (tertiary/aromatic N) is 5. The molecule has 1 atom stereocenters. The van der Waals surface area contributed by atoms with E-state index in [4.69, 9.17) is 20.7 Å². The van der Waals surface area contributed by atoms with Gasteiger partial charge in [-0.05, 0) is 70.8 Å². The Morgan fingerprint density at radius 1 is 0.917 bits per heavy atom. The summed E-state index contributed by atoms with van der Waals surface area (Å²) in [6.45, 7) is 11.4. The van der Waals surface area contributed by atoms with Crippen LogP contribution in [0.15, 0.2) is 18.2 Å². The number of hydrogen-bond donors (Lipinski definition) is 4. The number of likely N-dealkylation sites (N-methyl/N-ethyl adjacent to an activating group) is 1. The van der Waals surface area contributed by atoms with Crippen molar-refractivity contribution in [3.63, 3.8) is 0 Å². The zero-order chi connectivity index (χ0) is 25.3. The van der Waals surface area contributed by atoms with Crippen LogP contribution in [0.4, 0.5) is 34.9 Å². The van der Waals surface area contributed by atoms with Crippen molar-refractivity contribution in [1.82, 2.24) is 19.9 Å². The van der Waals surface area contributed by atoms with Crippen LogP contribution in [-0.4, -0.2) is 64.7 Å². The van der Waals surface area contributed by atoms with Crippen LogP contribution in [0.25, 0.3) is 0 Å². The second kappa shape index (κ2) is 12.9. The molecule has 2 heterocycles. The predicted molar refractivity (Wildman–Crippen MR) is 151 cm³/mol. The molecule has 5 N–H and O–H groups in total. The Labute approximate surface area is 216 Å². The molecule has 1 saturated carbocycles. The van der Waals surface area contributed by atoms with Crippen molar-refractivity contribution in [2.75, 3.05) is 59.3 Å². The summed E-state index contributed by atoms with van der Waals surface area (Å²) in [6, 6.07) is 6.99. The topological polar surface area (TPSA) is 107 Å². The third-order valence-corrected chi connectivity index (χ3v) is 7.61. The third kappa shape index (κ3) is 6.90. The van der Waals surface area contributed by atoms with Crippen LogP contribution in [0.3, 0.4) is 0 Å². The van der Waals surface area contributed by atoms with Crippen LogP contribution < -0.4 is 26.6 Å². The Kier molecular flexibility index (Phi) is 9.44. The van der Waals surface area contributed by atoms with Crippen molar-refractivity contribution in [1.29, 1.82) is 0 Å². The lowest BCUT2D eigenvalue weighted by molar-refractivity contribution is 0.277. The van der Waals surface area contributed by atoms with E-state index in [9.17, 15) is 0 Å². The molecular formula is C27H45N9. The molecule has 1 aliphatic carbocycles. The summed E-state index contributed by atoms with van der Waals surface area (Å²) in [7, 11) is 0. The number of anilines is 6. The van der Waals surface area contributed by atoms with Gasteiger partial charge in [0.1, 0.15) is 0 Å². The molecule has 0 bridgehead atoms. The van der Waals surface area contributed by atoms with Gasteiger partial charge in [0.2, 0.25) is 17.8 Å². The zero-order valence-corrected chi connectivity index (χ0v) is 22.4. The van der Waals surface area contributed by atoms with E-state index in [0.29, 0.717) is 29.9 Å². The highest BCUT2D eigenvalue weighted by Gasteiger charge is 2.23. The maximum Gasteiger partial charge on any atom is 0.233 e. The average molecular weight is 496 g/mol. The van der Waals surface area contributed by atoms with Gasteiger partial charge in [0, 0.05) is 37.4 Å². The van der Waals surface area contributed by atoms with Gasteiger partial charge in [-0.1, -0.05) is 32.6 Å². The molecule has 2 fully saturated rings. The minimum Gasteiger partial charge on any atom is -0.397 e. The molecule has 0 spiro atoms. The van der Waals surface area contributed by atoms with Crippen LogP contribution in [-0.2, 0) is 0 Å². The van der Waals surface area contributed by atoms with E-state index in [1.165, 1.54) is 45.1 Å². The molecular weight excluding hydrogens is 450 g/mol. The largest absolute Gasteiger partial charge is 0.397 e. The molecule has 198 valence electrons. The Morgan fingerprint density at radius 3 is 2.33 bits per heavy atom. The van der Waals surface area contributed by atoms with E-state index in [-0.39, 0.29) is 0 Å². The summed E-state index contributed by atoms with van der Waals surface area (Å²) in [4.78, 5) is 19.0. The number of aromatic nitrogens is 3. The molecule has 2 aliphatic rings. The SMILES string of the molecule is CCN(CC)c1ccc(Nc2nc(NCC3CCCN3CC)nc(NC3CCCCCC3)n2)cc1N. The normalized spacial score (nSPS) is 19.1. The molecule has 9 nitrogen and oxygen atoms in total. The van der Waals surface area contributed by atoms with Gasteiger partial charge < -0.3 is 26.6 Å². The summed E-state index contributed by atoms with van der Waals surface area (Å²) in [5.74, 6) is 1.77. The first kappa shape index (κ1) is 26.3. The number of nitrogens with one attached hydrogen (secondary N) is 3. The van der Waals surface area contributed by atoms with E-state index in [1.807, 2.05) is 12.1 Å². The Hall–Kier alpha value is -2.81. The maximum absolute atomic E-state index is 6.40. The van der Waals surface area contributed by atoms with Gasteiger partial charge in [-0.3, -0.25) is 4.90 Å². The van der Waals surface area contributed by atoms with Crippen LogP contribution in [0, 0.1) is 0 Å². The Morgan fingerprint density at radius 2 is 1.64 bits per heavy atom. The van der Waals surface area contributed by atoms with E-state index in [1.54, 1.807) is 0 Å². The molecule has 36 heavy (non-hydrogen) atoms. The molecule has 2 aromatic rings. The van der Waals surface area contributed by atoms with Gasteiger partial charge in [0.25, 0.3) is 0 Å². The predicted octanol–water partition coefficient (Wildman–Crippen LogP) is 5.07. The monoisotopic (exact) mass is 495 g/mol. The summed E-state index contributed by atoms with van der Waals surface area (Å²) in [6.07, 6.45) is 9.93. The standard InChI is InChI=1S/C27H45N9/c1-4-35(5-2)24-16-15-21(18-23(24)28)31-27-33-25(29-19-22-14-11-17-36(22)6-3)32-26(34-27)30-20-12-9-7-8-10-13-20/h15-16,18,20,22H,4-14,17,19,28H2,1-3H3,(H3,29,30,31,32,33,34). The molecule has 1 aromatic heterocycles. The van der Waals surface area contributed by atoms with Crippen molar-refractivity contribution in [3.8, 4) is 0 Å². The fourth-order valence-electron chi connectivity index (χ4n) is 5.55. The third-order valence-electron chi connectivity index (χ3n) is 7.61. The van der Waals surface area contributed by atoms with Crippen molar-refractivity contribution < 1.29 is 0 Å². The van der Waals surface area contributed by atoms with Crippen LogP contribution in [0.2, 0.25) is 0 Å². The van der Waals surface area contributed by atoms with Crippen LogP contribution >= 0.6 is 0 Å². The lowest BCUT2D eigenvalue weighted by Crippen LogP contribution is -2.35. The number of nitrogens with two attached hydrogens (primary N) is 1. The highest BCUT2D eigenvalue weighted by Crippen LogP contribution is 2.28. The van der Waals surface area contributed by atoms with Gasteiger partial charge >= 0.3 is 0 Å². The highest BCUT2D eigenvalue weighted by molar-refractivity contribution is 5.74. The second-order valence-corrected chi connectivity index (χ2v) is 10.0. The Bertz CT molecular complexity index is 954. The number of rotatable bonds is 11. The van der Waals surface area contributed by atoms with Crippen molar-refractivity contribution in [2.24, 2.45) is 0 Å². The minimum absolute atomic E-state index is 0.407. The number of benzene rings is 1. The smallest absolute Gasteiger partial charge is 0.233 e. The quantitative estimate of drug-likeness (QED) is 0.251. The first-order valence-corrected chi connectivity index (χ1v) is 14.0. The molecule has 1 aliphatic heterocycles. The fraction of sp³-hybridized carbons (Fsp3) is 0.667. The van der Waals surface area contributed by atoms with Crippen molar-refractivity contribution in [2.45, 2.75) is 84.2 Å². The second-order valence-electron chi connectivity index (χ2n) is 10.0. The van der Waals surface area contributed by atoms with Gasteiger partial charge in [-0.15, -0.1) is 0 Å². The first-order chi connectivity index (χ1) is 17.6. The number of nitrogen functional groups attached to an aromatic ring is 1.